The van der Waals surface area contributed by atoms with Crippen LogP contribution in [0.3, 0.4) is 0 Å². The Morgan fingerprint density at radius 3 is 2.60 bits per heavy atom. The van der Waals surface area contributed by atoms with Crippen LogP contribution in [0.4, 0.5) is 5.69 Å². The van der Waals surface area contributed by atoms with E-state index < -0.39 is 6.10 Å². The minimum absolute atomic E-state index is 0.0306. The number of carbonyl (C=O) groups excluding carboxylic acids is 2. The molecule has 3 aliphatic heterocycles. The van der Waals surface area contributed by atoms with Gasteiger partial charge in [0.1, 0.15) is 5.75 Å². The summed E-state index contributed by atoms with van der Waals surface area (Å²) in [6.45, 7) is 1.27. The third-order valence-electron chi connectivity index (χ3n) is 5.79. The van der Waals surface area contributed by atoms with Gasteiger partial charge < -0.3 is 24.4 Å². The van der Waals surface area contributed by atoms with Crippen LogP contribution in [0.25, 0.3) is 0 Å². The van der Waals surface area contributed by atoms with Crippen molar-refractivity contribution < 1.29 is 23.8 Å². The van der Waals surface area contributed by atoms with Crippen LogP contribution in [0.15, 0.2) is 36.4 Å². The van der Waals surface area contributed by atoms with Crippen molar-refractivity contribution in [3.8, 4) is 17.2 Å². The lowest BCUT2D eigenvalue weighted by molar-refractivity contribution is -0.140. The number of nitrogens with one attached hydrogen (secondary N) is 1. The molecule has 5 rings (SSSR count). The average molecular weight is 429 g/mol. The topological polar surface area (TPSA) is 77.1 Å². The fourth-order valence-electron chi connectivity index (χ4n) is 4.14. The Balaban J connectivity index is 1.14. The Bertz CT molecular complexity index is 1000. The third-order valence-corrected chi connectivity index (χ3v) is 6.03. The minimum Gasteiger partial charge on any atom is -0.480 e. The van der Waals surface area contributed by atoms with Crippen molar-refractivity contribution in [3.05, 3.63) is 47.0 Å². The molecular weight excluding hydrogens is 408 g/mol. The number of hydrogen-bond donors (Lipinski definition) is 1. The average Bonchev–Trinajstić information content (AvgIpc) is 3.39. The van der Waals surface area contributed by atoms with E-state index in [1.54, 1.807) is 35.2 Å². The van der Waals surface area contributed by atoms with Crippen LogP contribution in [-0.2, 0) is 16.0 Å². The van der Waals surface area contributed by atoms with Gasteiger partial charge in [-0.2, -0.15) is 0 Å². The first-order chi connectivity index (χ1) is 14.6. The molecule has 3 heterocycles. The van der Waals surface area contributed by atoms with E-state index in [2.05, 4.69) is 5.32 Å². The number of ether oxygens (including phenoxy) is 3. The van der Waals surface area contributed by atoms with Crippen LogP contribution in [0.1, 0.15) is 18.4 Å². The van der Waals surface area contributed by atoms with Gasteiger partial charge in [-0.1, -0.05) is 11.6 Å². The van der Waals surface area contributed by atoms with Crippen molar-refractivity contribution >= 4 is 29.1 Å². The van der Waals surface area contributed by atoms with Crippen molar-refractivity contribution in [1.82, 2.24) is 4.90 Å². The number of anilines is 1. The van der Waals surface area contributed by atoms with E-state index >= 15 is 0 Å². The molecule has 7 nitrogen and oxygen atoms in total. The van der Waals surface area contributed by atoms with Crippen molar-refractivity contribution in [2.24, 2.45) is 5.92 Å². The van der Waals surface area contributed by atoms with Gasteiger partial charge in [-0.25, -0.2) is 0 Å². The molecule has 30 heavy (non-hydrogen) atoms. The summed E-state index contributed by atoms with van der Waals surface area (Å²) in [5, 5.41) is 3.58. The second-order valence-corrected chi connectivity index (χ2v) is 8.16. The number of benzene rings is 2. The van der Waals surface area contributed by atoms with Crippen molar-refractivity contribution in [3.63, 3.8) is 0 Å². The Kier molecular flexibility index (Phi) is 4.90. The summed E-state index contributed by atoms with van der Waals surface area (Å²) in [6.07, 6.45) is 1.25. The molecule has 3 aliphatic rings. The molecular formula is C22H21ClN2O5. The van der Waals surface area contributed by atoms with Gasteiger partial charge in [0, 0.05) is 42.2 Å². The largest absolute Gasteiger partial charge is 0.480 e. The second-order valence-electron chi connectivity index (χ2n) is 7.72. The Morgan fingerprint density at radius 1 is 1.00 bits per heavy atom. The van der Waals surface area contributed by atoms with Crippen LogP contribution < -0.4 is 19.5 Å². The molecule has 0 aromatic heterocycles. The maximum absolute atomic E-state index is 12.9. The summed E-state index contributed by atoms with van der Waals surface area (Å²) in [5.74, 6) is 1.82. The number of hydrogen-bond acceptors (Lipinski definition) is 5. The lowest BCUT2D eigenvalue weighted by atomic mass is 9.95. The summed E-state index contributed by atoms with van der Waals surface area (Å²) in [5.41, 5.74) is 1.64. The second kappa shape index (κ2) is 7.72. The molecule has 2 amide bonds. The SMILES string of the molecule is O=C(Nc1ccc2c(c1)OCO2)C1CCN(C(=O)C2Cc3cc(Cl)ccc3O2)CC1. The van der Waals surface area contributed by atoms with E-state index in [0.717, 1.165) is 11.3 Å². The molecule has 1 unspecified atom stereocenters. The van der Waals surface area contributed by atoms with E-state index in [4.69, 9.17) is 25.8 Å². The van der Waals surface area contributed by atoms with Gasteiger partial charge in [-0.3, -0.25) is 9.59 Å². The van der Waals surface area contributed by atoms with Gasteiger partial charge in [-0.05, 0) is 48.7 Å². The molecule has 8 heteroatoms. The molecule has 1 atom stereocenters. The molecule has 1 N–H and O–H groups in total. The zero-order chi connectivity index (χ0) is 20.7. The highest BCUT2D eigenvalue weighted by Crippen LogP contribution is 2.35. The molecule has 0 bridgehead atoms. The number of fused-ring (bicyclic) bond motifs is 2. The van der Waals surface area contributed by atoms with Crippen LogP contribution >= 0.6 is 11.6 Å². The lowest BCUT2D eigenvalue weighted by Crippen LogP contribution is -2.46. The minimum atomic E-state index is -0.516. The summed E-state index contributed by atoms with van der Waals surface area (Å²) in [7, 11) is 0. The van der Waals surface area contributed by atoms with Gasteiger partial charge in [0.2, 0.25) is 12.7 Å². The van der Waals surface area contributed by atoms with Gasteiger partial charge in [-0.15, -0.1) is 0 Å². The zero-order valence-electron chi connectivity index (χ0n) is 16.2. The fraction of sp³-hybridized carbons (Fsp3) is 0.364. The first-order valence-electron chi connectivity index (χ1n) is 10.0. The number of likely N-dealkylation sites (tertiary alicyclic amines) is 1. The lowest BCUT2D eigenvalue weighted by Gasteiger charge is -2.32. The smallest absolute Gasteiger partial charge is 0.263 e. The Morgan fingerprint density at radius 2 is 1.77 bits per heavy atom. The number of nitrogens with zero attached hydrogens (tertiary/aromatic N) is 1. The molecule has 156 valence electrons. The molecule has 0 saturated carbocycles. The molecule has 2 aromatic rings. The van der Waals surface area contributed by atoms with Crippen molar-refractivity contribution in [2.45, 2.75) is 25.4 Å². The van der Waals surface area contributed by atoms with Gasteiger partial charge in [0.15, 0.2) is 17.6 Å². The Labute approximate surface area is 178 Å². The van der Waals surface area contributed by atoms with Gasteiger partial charge in [0.05, 0.1) is 0 Å². The Hall–Kier alpha value is -2.93. The van der Waals surface area contributed by atoms with Crippen LogP contribution in [0, 0.1) is 5.92 Å². The highest BCUT2D eigenvalue weighted by Gasteiger charge is 2.35. The molecule has 0 radical (unpaired) electrons. The van der Waals surface area contributed by atoms with Crippen LogP contribution in [0.2, 0.25) is 5.02 Å². The summed E-state index contributed by atoms with van der Waals surface area (Å²) in [4.78, 5) is 27.3. The van der Waals surface area contributed by atoms with Gasteiger partial charge in [0.25, 0.3) is 5.91 Å². The predicted octanol–water partition coefficient (Wildman–Crippen LogP) is 3.25. The molecule has 0 aliphatic carbocycles. The predicted molar refractivity (Wildman–Crippen MR) is 110 cm³/mol. The first-order valence-corrected chi connectivity index (χ1v) is 10.4. The van der Waals surface area contributed by atoms with Crippen LogP contribution in [0.5, 0.6) is 17.2 Å². The molecule has 0 spiro atoms. The highest BCUT2D eigenvalue weighted by atomic mass is 35.5. The fourth-order valence-corrected chi connectivity index (χ4v) is 4.33. The van der Waals surface area contributed by atoms with E-state index in [0.29, 0.717) is 54.6 Å². The van der Waals surface area contributed by atoms with Gasteiger partial charge >= 0.3 is 0 Å². The maximum atomic E-state index is 12.9. The van der Waals surface area contributed by atoms with E-state index in [9.17, 15) is 9.59 Å². The van der Waals surface area contributed by atoms with Crippen LogP contribution in [-0.4, -0.2) is 42.7 Å². The van der Waals surface area contributed by atoms with E-state index in [1.165, 1.54) is 0 Å². The van der Waals surface area contributed by atoms with E-state index in [1.807, 2.05) is 6.07 Å². The normalized spacial score (nSPS) is 19.9. The molecule has 2 aromatic carbocycles. The molecule has 1 fully saturated rings. The first kappa shape index (κ1) is 19.1. The third kappa shape index (κ3) is 3.65. The summed E-state index contributed by atoms with van der Waals surface area (Å²) >= 11 is 6.03. The number of amides is 2. The number of rotatable bonds is 3. The quantitative estimate of drug-likeness (QED) is 0.812. The zero-order valence-corrected chi connectivity index (χ0v) is 17.0. The standard InChI is InChI=1S/C22H21ClN2O5/c23-15-1-3-17-14(9-15)10-20(30-17)22(27)25-7-5-13(6-8-25)21(26)24-16-2-4-18-19(11-16)29-12-28-18/h1-4,9,11,13,20H,5-8,10,12H2,(H,24,26). The summed E-state index contributed by atoms with van der Waals surface area (Å²) < 4.78 is 16.5. The number of piperidine rings is 1. The monoisotopic (exact) mass is 428 g/mol. The highest BCUT2D eigenvalue weighted by molar-refractivity contribution is 6.30. The maximum Gasteiger partial charge on any atom is 0.263 e. The van der Waals surface area contributed by atoms with E-state index in [-0.39, 0.29) is 24.5 Å². The van der Waals surface area contributed by atoms with Crippen molar-refractivity contribution in [1.29, 1.82) is 0 Å². The number of halogens is 1. The molecule has 1 saturated heterocycles. The van der Waals surface area contributed by atoms with Crippen molar-refractivity contribution in [2.75, 3.05) is 25.2 Å². The summed E-state index contributed by atoms with van der Waals surface area (Å²) in [6, 6.07) is 10.8. The number of carbonyl (C=O) groups is 2.